The number of hydrogen-bond acceptors (Lipinski definition) is 0. The van der Waals surface area contributed by atoms with Crippen LogP contribution in [0.4, 0.5) is 0 Å². The van der Waals surface area contributed by atoms with E-state index in [1.165, 1.54) is 66.3 Å². The van der Waals surface area contributed by atoms with Gasteiger partial charge in [-0.05, 0) is 71.8 Å². The van der Waals surface area contributed by atoms with E-state index in [9.17, 15) is 0 Å². The van der Waals surface area contributed by atoms with E-state index >= 15 is 0 Å². The van der Waals surface area contributed by atoms with Crippen LogP contribution in [0.3, 0.4) is 0 Å². The lowest BCUT2D eigenvalue weighted by atomic mass is 9.91. The van der Waals surface area contributed by atoms with Gasteiger partial charge in [0.2, 0.25) is 0 Å². The van der Waals surface area contributed by atoms with Crippen molar-refractivity contribution >= 4 is 6.08 Å². The smallest absolute Gasteiger partial charge is 0.00574 e. The van der Waals surface area contributed by atoms with Gasteiger partial charge in [-0.15, -0.1) is 0 Å². The van der Waals surface area contributed by atoms with Crippen LogP contribution in [0.2, 0.25) is 0 Å². The van der Waals surface area contributed by atoms with Crippen LogP contribution in [0.25, 0.3) is 17.2 Å². The molecule has 0 heteroatoms. The molecule has 0 nitrogen and oxygen atoms in total. The van der Waals surface area contributed by atoms with E-state index in [0.717, 1.165) is 6.42 Å². The van der Waals surface area contributed by atoms with Crippen molar-refractivity contribution in [3.05, 3.63) is 64.7 Å². The minimum absolute atomic E-state index is 0.658. The molecule has 0 aromatic heterocycles. The van der Waals surface area contributed by atoms with Gasteiger partial charge in [0.25, 0.3) is 0 Å². The summed E-state index contributed by atoms with van der Waals surface area (Å²) in [6.07, 6.45) is 11.7. The largest absolute Gasteiger partial charge is 0.0654 e. The summed E-state index contributed by atoms with van der Waals surface area (Å²) in [4.78, 5) is 0. The Morgan fingerprint density at radius 1 is 0.958 bits per heavy atom. The molecule has 2 aliphatic carbocycles. The molecule has 0 amide bonds. The molecule has 0 saturated heterocycles. The van der Waals surface area contributed by atoms with E-state index in [2.05, 4.69) is 62.4 Å². The Balaban J connectivity index is 1.62. The third kappa shape index (κ3) is 2.95. The standard InChI is InChI=1S/C24H28/c1-3-12-24(13-14-24)17-19-15-21-6-5-7-22(23(21)16-19)20-10-8-18(4-2)9-11-20/h5-11,16H,3-4,12-15,17H2,1-2H3. The van der Waals surface area contributed by atoms with Crippen LogP contribution in [0.5, 0.6) is 0 Å². The van der Waals surface area contributed by atoms with Crippen molar-refractivity contribution in [3.63, 3.8) is 0 Å². The lowest BCUT2D eigenvalue weighted by Crippen LogP contribution is -2.01. The Bertz CT molecular complexity index is 757. The summed E-state index contributed by atoms with van der Waals surface area (Å²) < 4.78 is 0. The Morgan fingerprint density at radius 3 is 2.42 bits per heavy atom. The molecule has 1 fully saturated rings. The number of aryl methyl sites for hydroxylation is 1. The van der Waals surface area contributed by atoms with E-state index in [4.69, 9.17) is 0 Å². The highest BCUT2D eigenvalue weighted by Gasteiger charge is 2.42. The fourth-order valence-corrected chi connectivity index (χ4v) is 4.43. The number of benzene rings is 2. The Morgan fingerprint density at radius 2 is 1.75 bits per heavy atom. The molecule has 124 valence electrons. The van der Waals surface area contributed by atoms with Crippen molar-refractivity contribution in [3.8, 4) is 11.1 Å². The number of rotatable bonds is 6. The molecule has 24 heavy (non-hydrogen) atoms. The molecule has 2 aliphatic rings. The zero-order valence-electron chi connectivity index (χ0n) is 15.1. The SMILES string of the molecule is CCCC1(CC2=Cc3c(cccc3-c3ccc(CC)cc3)C2)CC1. The van der Waals surface area contributed by atoms with Gasteiger partial charge in [-0.3, -0.25) is 0 Å². The molecular weight excluding hydrogens is 288 g/mol. The molecule has 4 rings (SSSR count). The molecule has 0 N–H and O–H groups in total. The van der Waals surface area contributed by atoms with E-state index in [1.807, 2.05) is 0 Å². The van der Waals surface area contributed by atoms with Gasteiger partial charge >= 0.3 is 0 Å². The fraction of sp³-hybridized carbons (Fsp3) is 0.417. The van der Waals surface area contributed by atoms with Gasteiger partial charge in [0.15, 0.2) is 0 Å². The minimum Gasteiger partial charge on any atom is -0.0654 e. The molecule has 0 bridgehead atoms. The normalized spacial score (nSPS) is 17.5. The molecular formula is C24H28. The molecule has 1 saturated carbocycles. The van der Waals surface area contributed by atoms with Gasteiger partial charge in [0.05, 0.1) is 0 Å². The lowest BCUT2D eigenvalue weighted by Gasteiger charge is -2.14. The number of hydrogen-bond donors (Lipinski definition) is 0. The lowest BCUT2D eigenvalue weighted by molar-refractivity contribution is 0.454. The Kier molecular flexibility index (Phi) is 4.08. The molecule has 0 spiro atoms. The molecule has 0 heterocycles. The molecule has 0 radical (unpaired) electrons. The van der Waals surface area contributed by atoms with E-state index in [1.54, 1.807) is 5.57 Å². The van der Waals surface area contributed by atoms with Gasteiger partial charge in [0.1, 0.15) is 0 Å². The summed E-state index contributed by atoms with van der Waals surface area (Å²) in [5.41, 5.74) is 9.50. The highest BCUT2D eigenvalue weighted by molar-refractivity contribution is 5.80. The van der Waals surface area contributed by atoms with Crippen LogP contribution in [-0.2, 0) is 12.8 Å². The zero-order valence-corrected chi connectivity index (χ0v) is 15.1. The first kappa shape index (κ1) is 15.7. The van der Waals surface area contributed by atoms with E-state index in [-0.39, 0.29) is 0 Å². The van der Waals surface area contributed by atoms with Gasteiger partial charge in [-0.25, -0.2) is 0 Å². The van der Waals surface area contributed by atoms with E-state index in [0.29, 0.717) is 5.41 Å². The van der Waals surface area contributed by atoms with Crippen LogP contribution in [0, 0.1) is 5.41 Å². The molecule has 2 aromatic carbocycles. The van der Waals surface area contributed by atoms with Gasteiger partial charge < -0.3 is 0 Å². The van der Waals surface area contributed by atoms with Crippen molar-refractivity contribution in [2.24, 2.45) is 5.41 Å². The highest BCUT2D eigenvalue weighted by Crippen LogP contribution is 2.55. The van der Waals surface area contributed by atoms with Crippen molar-refractivity contribution in [1.82, 2.24) is 0 Å². The van der Waals surface area contributed by atoms with Crippen molar-refractivity contribution in [2.75, 3.05) is 0 Å². The van der Waals surface area contributed by atoms with Gasteiger partial charge in [-0.2, -0.15) is 0 Å². The third-order valence-corrected chi connectivity index (χ3v) is 5.98. The second-order valence-electron chi connectivity index (χ2n) is 7.83. The van der Waals surface area contributed by atoms with Crippen LogP contribution >= 0.6 is 0 Å². The molecule has 0 unspecified atom stereocenters. The molecule has 0 atom stereocenters. The molecule has 2 aromatic rings. The minimum atomic E-state index is 0.658. The van der Waals surface area contributed by atoms with Crippen LogP contribution in [-0.4, -0.2) is 0 Å². The predicted octanol–water partition coefficient (Wildman–Crippen LogP) is 6.83. The Labute approximate surface area is 146 Å². The maximum atomic E-state index is 2.51. The summed E-state index contributed by atoms with van der Waals surface area (Å²) >= 11 is 0. The first-order valence-corrected chi connectivity index (χ1v) is 9.64. The maximum absolute atomic E-state index is 2.51. The molecule has 0 aliphatic heterocycles. The van der Waals surface area contributed by atoms with Crippen LogP contribution in [0.15, 0.2) is 48.0 Å². The second kappa shape index (κ2) is 6.24. The number of fused-ring (bicyclic) bond motifs is 1. The van der Waals surface area contributed by atoms with Crippen LogP contribution in [0.1, 0.15) is 62.6 Å². The highest BCUT2D eigenvalue weighted by atomic mass is 14.5. The van der Waals surface area contributed by atoms with Crippen molar-refractivity contribution in [1.29, 1.82) is 0 Å². The number of allylic oxidation sites excluding steroid dienone is 1. The summed E-state index contributed by atoms with van der Waals surface area (Å²) in [5, 5.41) is 0. The topological polar surface area (TPSA) is 0 Å². The predicted molar refractivity (Wildman–Crippen MR) is 104 cm³/mol. The summed E-state index contributed by atoms with van der Waals surface area (Å²) in [6.45, 7) is 4.55. The van der Waals surface area contributed by atoms with Crippen molar-refractivity contribution < 1.29 is 0 Å². The zero-order chi connectivity index (χ0) is 16.6. The van der Waals surface area contributed by atoms with E-state index < -0.39 is 0 Å². The van der Waals surface area contributed by atoms with Gasteiger partial charge in [0, 0.05) is 0 Å². The average molecular weight is 316 g/mol. The summed E-state index contributed by atoms with van der Waals surface area (Å²) in [5.74, 6) is 0. The maximum Gasteiger partial charge on any atom is -0.00574 e. The first-order valence-electron chi connectivity index (χ1n) is 9.64. The second-order valence-corrected chi connectivity index (χ2v) is 7.83. The quantitative estimate of drug-likeness (QED) is 0.548. The summed E-state index contributed by atoms with van der Waals surface area (Å²) in [7, 11) is 0. The fourth-order valence-electron chi connectivity index (χ4n) is 4.43. The average Bonchev–Trinajstić information content (AvgIpc) is 3.22. The monoisotopic (exact) mass is 316 g/mol. The van der Waals surface area contributed by atoms with Crippen molar-refractivity contribution in [2.45, 2.75) is 58.8 Å². The third-order valence-electron chi connectivity index (χ3n) is 5.98. The summed E-state index contributed by atoms with van der Waals surface area (Å²) in [6, 6.07) is 16.0. The Hall–Kier alpha value is -1.82. The van der Waals surface area contributed by atoms with Crippen LogP contribution < -0.4 is 0 Å². The first-order chi connectivity index (χ1) is 11.7. The van der Waals surface area contributed by atoms with Gasteiger partial charge in [-0.1, -0.05) is 74.4 Å².